The van der Waals surface area contributed by atoms with Gasteiger partial charge in [0.1, 0.15) is 10.6 Å². The lowest BCUT2D eigenvalue weighted by molar-refractivity contribution is 0.115. The van der Waals surface area contributed by atoms with Crippen LogP contribution in [-0.4, -0.2) is 46.1 Å². The molecule has 1 aromatic rings. The maximum absolute atomic E-state index is 12.8. The van der Waals surface area contributed by atoms with Gasteiger partial charge in [-0.1, -0.05) is 11.6 Å². The van der Waals surface area contributed by atoms with Crippen molar-refractivity contribution in [3.8, 4) is 5.75 Å². The van der Waals surface area contributed by atoms with Crippen molar-refractivity contribution in [1.29, 1.82) is 0 Å². The smallest absolute Gasteiger partial charge is 0.246 e. The van der Waals surface area contributed by atoms with E-state index in [0.717, 1.165) is 0 Å². The third-order valence-corrected chi connectivity index (χ3v) is 5.67. The van der Waals surface area contributed by atoms with Gasteiger partial charge in [-0.3, -0.25) is 0 Å². The van der Waals surface area contributed by atoms with Gasteiger partial charge in [0.05, 0.1) is 13.2 Å². The molecule has 1 atom stereocenters. The van der Waals surface area contributed by atoms with Crippen LogP contribution in [0.2, 0.25) is 5.02 Å². The van der Waals surface area contributed by atoms with Crippen molar-refractivity contribution in [1.82, 2.24) is 4.31 Å². The number of sulfonamides is 1. The minimum absolute atomic E-state index is 0.0507. The third-order valence-electron chi connectivity index (χ3n) is 3.58. The summed E-state index contributed by atoms with van der Waals surface area (Å²) in [5, 5.41) is 0.317. The molecule has 118 valence electrons. The molecule has 1 heterocycles. The average molecular weight is 335 g/mol. The zero-order chi connectivity index (χ0) is 15.6. The normalized spacial score (nSPS) is 19.9. The highest BCUT2D eigenvalue weighted by molar-refractivity contribution is 7.89. The Morgan fingerprint density at radius 3 is 2.67 bits per heavy atom. The number of halogens is 1. The number of methoxy groups -OCH3 is 2. The fourth-order valence-corrected chi connectivity index (χ4v) is 4.46. The maximum atomic E-state index is 12.8. The van der Waals surface area contributed by atoms with Gasteiger partial charge in [-0.25, -0.2) is 8.42 Å². The van der Waals surface area contributed by atoms with Gasteiger partial charge in [-0.05, 0) is 18.6 Å². The Kier molecular flexibility index (Phi) is 5.11. The predicted molar refractivity (Wildman–Crippen MR) is 80.1 cm³/mol. The fraction of sp³-hybridized carbons (Fsp3) is 0.538. The first-order chi connectivity index (χ1) is 9.93. The predicted octanol–water partition coefficient (Wildman–Crippen LogP) is 1.22. The van der Waals surface area contributed by atoms with Crippen LogP contribution >= 0.6 is 11.6 Å². The molecule has 0 spiro atoms. The number of rotatable bonds is 5. The zero-order valence-corrected chi connectivity index (χ0v) is 13.6. The summed E-state index contributed by atoms with van der Waals surface area (Å²) in [5.74, 6) is 0.253. The lowest BCUT2D eigenvalue weighted by Crippen LogP contribution is -2.30. The van der Waals surface area contributed by atoms with Crippen molar-refractivity contribution in [2.45, 2.75) is 24.0 Å². The Balaban J connectivity index is 2.47. The van der Waals surface area contributed by atoms with Crippen LogP contribution in [0.4, 0.5) is 0 Å². The summed E-state index contributed by atoms with van der Waals surface area (Å²) in [7, 11) is -0.695. The molecule has 0 bridgehead atoms. The summed E-state index contributed by atoms with van der Waals surface area (Å²) in [4.78, 5) is 0.0507. The quantitative estimate of drug-likeness (QED) is 0.875. The summed E-state index contributed by atoms with van der Waals surface area (Å²) < 4.78 is 37.4. The van der Waals surface area contributed by atoms with E-state index >= 15 is 0 Å². The SMILES string of the molecule is COc1c(CN)cc(Cl)cc1S(=O)(=O)N1CCC(OC)C1. The molecule has 1 fully saturated rings. The first-order valence-electron chi connectivity index (χ1n) is 6.53. The molecule has 2 N–H and O–H groups in total. The number of hydrogen-bond donors (Lipinski definition) is 1. The average Bonchev–Trinajstić information content (AvgIpc) is 2.95. The van der Waals surface area contributed by atoms with Gasteiger partial charge in [0.2, 0.25) is 10.0 Å². The molecular weight excluding hydrogens is 316 g/mol. The van der Waals surface area contributed by atoms with E-state index in [2.05, 4.69) is 0 Å². The van der Waals surface area contributed by atoms with Crippen LogP contribution in [0.3, 0.4) is 0 Å². The minimum atomic E-state index is -3.69. The highest BCUT2D eigenvalue weighted by atomic mass is 35.5. The van der Waals surface area contributed by atoms with Crippen LogP contribution in [0.5, 0.6) is 5.75 Å². The van der Waals surface area contributed by atoms with Gasteiger partial charge in [0.25, 0.3) is 0 Å². The van der Waals surface area contributed by atoms with E-state index in [1.165, 1.54) is 17.5 Å². The first-order valence-corrected chi connectivity index (χ1v) is 8.35. The Morgan fingerprint density at radius 1 is 1.43 bits per heavy atom. The van der Waals surface area contributed by atoms with Crippen molar-refractivity contribution in [3.05, 3.63) is 22.7 Å². The Labute approximate surface area is 129 Å². The molecule has 0 aliphatic carbocycles. The summed E-state index contributed by atoms with van der Waals surface area (Å²) in [6.07, 6.45) is 0.585. The van der Waals surface area contributed by atoms with Crippen molar-refractivity contribution < 1.29 is 17.9 Å². The van der Waals surface area contributed by atoms with Crippen LogP contribution in [-0.2, 0) is 21.3 Å². The Morgan fingerprint density at radius 2 is 2.14 bits per heavy atom. The highest BCUT2D eigenvalue weighted by Crippen LogP contribution is 2.34. The molecule has 1 aliphatic heterocycles. The van der Waals surface area contributed by atoms with Crippen molar-refractivity contribution >= 4 is 21.6 Å². The van der Waals surface area contributed by atoms with E-state index in [0.29, 0.717) is 30.1 Å². The van der Waals surface area contributed by atoms with E-state index in [4.69, 9.17) is 26.8 Å². The van der Waals surface area contributed by atoms with Crippen molar-refractivity contribution in [3.63, 3.8) is 0 Å². The van der Waals surface area contributed by atoms with Crippen molar-refractivity contribution in [2.75, 3.05) is 27.3 Å². The second-order valence-corrected chi connectivity index (χ2v) is 7.15. The number of ether oxygens (including phenoxy) is 2. The summed E-state index contributed by atoms with van der Waals surface area (Å²) in [6, 6.07) is 3.01. The summed E-state index contributed by atoms with van der Waals surface area (Å²) >= 11 is 6.01. The van der Waals surface area contributed by atoms with E-state index < -0.39 is 10.0 Å². The number of nitrogens with two attached hydrogens (primary N) is 1. The minimum Gasteiger partial charge on any atom is -0.495 e. The molecule has 0 saturated carbocycles. The molecule has 8 heteroatoms. The molecule has 0 amide bonds. The van der Waals surface area contributed by atoms with Crippen LogP contribution in [0.15, 0.2) is 17.0 Å². The van der Waals surface area contributed by atoms with Gasteiger partial charge in [0.15, 0.2) is 0 Å². The van der Waals surface area contributed by atoms with Gasteiger partial charge in [0, 0.05) is 37.3 Å². The van der Waals surface area contributed by atoms with Gasteiger partial charge < -0.3 is 15.2 Å². The molecule has 6 nitrogen and oxygen atoms in total. The largest absolute Gasteiger partial charge is 0.495 e. The first kappa shape index (κ1) is 16.5. The Hall–Kier alpha value is -0.860. The molecule has 1 aromatic carbocycles. The van der Waals surface area contributed by atoms with E-state index in [-0.39, 0.29) is 23.3 Å². The van der Waals surface area contributed by atoms with Crippen LogP contribution in [0, 0.1) is 0 Å². The van der Waals surface area contributed by atoms with Gasteiger partial charge in [-0.2, -0.15) is 4.31 Å². The lowest BCUT2D eigenvalue weighted by atomic mass is 10.2. The molecule has 1 aliphatic rings. The maximum Gasteiger partial charge on any atom is 0.246 e. The fourth-order valence-electron chi connectivity index (χ4n) is 2.45. The molecule has 2 rings (SSSR count). The molecule has 1 unspecified atom stereocenters. The zero-order valence-electron chi connectivity index (χ0n) is 12.0. The summed E-state index contributed by atoms with van der Waals surface area (Å²) in [6.45, 7) is 0.883. The second kappa shape index (κ2) is 6.50. The lowest BCUT2D eigenvalue weighted by Gasteiger charge is -2.20. The van der Waals surface area contributed by atoms with E-state index in [1.54, 1.807) is 13.2 Å². The summed E-state index contributed by atoms with van der Waals surface area (Å²) in [5.41, 5.74) is 6.20. The Bertz CT molecular complexity index is 621. The van der Waals surface area contributed by atoms with Gasteiger partial charge in [-0.15, -0.1) is 0 Å². The standard InChI is InChI=1S/C13H19ClN2O4S/c1-19-11-3-4-16(8-11)21(17,18)12-6-10(14)5-9(7-15)13(12)20-2/h5-6,11H,3-4,7-8,15H2,1-2H3. The van der Waals surface area contributed by atoms with Gasteiger partial charge >= 0.3 is 0 Å². The second-order valence-electron chi connectivity index (χ2n) is 4.81. The topological polar surface area (TPSA) is 81.9 Å². The third kappa shape index (κ3) is 3.17. The molecule has 21 heavy (non-hydrogen) atoms. The monoisotopic (exact) mass is 334 g/mol. The van der Waals surface area contributed by atoms with E-state index in [9.17, 15) is 8.42 Å². The molecular formula is C13H19ClN2O4S. The highest BCUT2D eigenvalue weighted by Gasteiger charge is 2.35. The van der Waals surface area contributed by atoms with Crippen LogP contribution in [0.1, 0.15) is 12.0 Å². The van der Waals surface area contributed by atoms with Crippen LogP contribution in [0.25, 0.3) is 0 Å². The van der Waals surface area contributed by atoms with Crippen LogP contribution < -0.4 is 10.5 Å². The number of hydrogen-bond acceptors (Lipinski definition) is 5. The molecule has 0 aromatic heterocycles. The molecule has 1 saturated heterocycles. The number of nitrogens with zero attached hydrogens (tertiary/aromatic N) is 1. The molecule has 0 radical (unpaired) electrons. The van der Waals surface area contributed by atoms with Crippen molar-refractivity contribution in [2.24, 2.45) is 5.73 Å². The number of benzene rings is 1. The van der Waals surface area contributed by atoms with E-state index in [1.807, 2.05) is 0 Å².